The number of hydrogen-bond donors (Lipinski definition) is 3. The van der Waals surface area contributed by atoms with Crippen LogP contribution in [-0.4, -0.2) is 76.4 Å². The van der Waals surface area contributed by atoms with Gasteiger partial charge in [-0.3, -0.25) is 9.29 Å². The largest absolute Gasteiger partial charge is 0.390 e. The normalized spacial score (nSPS) is 22.5. The van der Waals surface area contributed by atoms with Gasteiger partial charge in [0.1, 0.15) is 6.61 Å². The Labute approximate surface area is 209 Å². The molecule has 2 aromatic carbocycles. The van der Waals surface area contributed by atoms with Crippen molar-refractivity contribution in [2.45, 2.75) is 43.9 Å². The zero-order valence-corrected chi connectivity index (χ0v) is 20.5. The van der Waals surface area contributed by atoms with E-state index in [1.165, 1.54) is 0 Å². The molecule has 3 aromatic rings. The first-order chi connectivity index (χ1) is 17.3. The summed E-state index contributed by atoms with van der Waals surface area (Å²) >= 11 is 0. The molecule has 0 radical (unpaired) electrons. The molecular formula is C28H34F3N3O2. The number of H-pyrrole nitrogens is 1. The second-order valence-corrected chi connectivity index (χ2v) is 10.4. The van der Waals surface area contributed by atoms with E-state index < -0.39 is 31.2 Å². The molecule has 3 heterocycles. The maximum Gasteiger partial charge on any atom is 0.283 e. The van der Waals surface area contributed by atoms with Crippen molar-refractivity contribution in [1.82, 2.24) is 14.8 Å². The highest BCUT2D eigenvalue weighted by Gasteiger charge is 2.41. The van der Waals surface area contributed by atoms with E-state index in [-0.39, 0.29) is 18.6 Å². The summed E-state index contributed by atoms with van der Waals surface area (Å²) < 4.78 is 41.3. The molecule has 3 N–H and O–H groups in total. The molecule has 1 unspecified atom stereocenters. The number of aliphatic hydroxyl groups excluding tert-OH is 2. The van der Waals surface area contributed by atoms with Gasteiger partial charge >= 0.3 is 0 Å². The minimum absolute atomic E-state index is 0.102. The summed E-state index contributed by atoms with van der Waals surface area (Å²) in [6.07, 6.45) is 0.526. The van der Waals surface area contributed by atoms with Gasteiger partial charge in [0, 0.05) is 48.2 Å². The molecule has 194 valence electrons. The number of alkyl halides is 3. The zero-order valence-electron chi connectivity index (χ0n) is 20.5. The Hall–Kier alpha value is -2.39. The van der Waals surface area contributed by atoms with Crippen LogP contribution < -0.4 is 0 Å². The van der Waals surface area contributed by atoms with Gasteiger partial charge in [-0.2, -0.15) is 0 Å². The molecule has 0 bridgehead atoms. The molecule has 5 rings (SSSR count). The molecule has 0 spiro atoms. The van der Waals surface area contributed by atoms with Crippen molar-refractivity contribution in [1.29, 1.82) is 0 Å². The lowest BCUT2D eigenvalue weighted by Crippen LogP contribution is -2.49. The van der Waals surface area contributed by atoms with Crippen LogP contribution in [0.15, 0.2) is 48.5 Å². The van der Waals surface area contributed by atoms with E-state index in [1.807, 2.05) is 49.4 Å². The number of likely N-dealkylation sites (tertiary alicyclic amines) is 1. The smallest absolute Gasteiger partial charge is 0.283 e. The van der Waals surface area contributed by atoms with Crippen LogP contribution in [0.25, 0.3) is 10.9 Å². The standard InChI is InChI=1S/C28H34F3N3O2/c1-18-13-23-22-5-2-3-6-24(22)32-25(23)26(34(18)16-28(30,31)17-35)19-7-9-20(10-8-19)27(36)21-14-33(15-21)12-4-11-29/h2-3,5-10,18,21,26-27,32,35-36H,4,11-17H2,1H3/t18-,26-,27?/m1/s1. The Morgan fingerprint density at radius 1 is 1.11 bits per heavy atom. The number of rotatable bonds is 9. The number of nitrogens with one attached hydrogen (secondary N) is 1. The van der Waals surface area contributed by atoms with Crippen LogP contribution in [0.2, 0.25) is 0 Å². The molecule has 1 saturated heterocycles. The van der Waals surface area contributed by atoms with E-state index in [0.29, 0.717) is 19.4 Å². The van der Waals surface area contributed by atoms with Gasteiger partial charge < -0.3 is 20.1 Å². The van der Waals surface area contributed by atoms with Crippen molar-refractivity contribution in [2.24, 2.45) is 5.92 Å². The minimum atomic E-state index is -3.22. The van der Waals surface area contributed by atoms with Gasteiger partial charge in [-0.25, -0.2) is 8.78 Å². The molecule has 2 aliphatic heterocycles. The van der Waals surface area contributed by atoms with Crippen molar-refractivity contribution in [3.8, 4) is 0 Å². The minimum Gasteiger partial charge on any atom is -0.390 e. The van der Waals surface area contributed by atoms with Crippen LogP contribution in [0.3, 0.4) is 0 Å². The Morgan fingerprint density at radius 2 is 1.83 bits per heavy atom. The monoisotopic (exact) mass is 501 g/mol. The SMILES string of the molecule is C[C@@H]1Cc2c([nH]c3ccccc23)[C@@H](c2ccc(C(O)C3CN(CCCF)C3)cc2)N1CC(F)(F)CO. The fourth-order valence-electron chi connectivity index (χ4n) is 5.85. The fourth-order valence-corrected chi connectivity index (χ4v) is 5.85. The Balaban J connectivity index is 1.44. The van der Waals surface area contributed by atoms with E-state index in [1.54, 1.807) is 4.90 Å². The number of aromatic amines is 1. The summed E-state index contributed by atoms with van der Waals surface area (Å²) in [5.74, 6) is -3.12. The molecule has 0 aliphatic carbocycles. The predicted molar refractivity (Wildman–Crippen MR) is 134 cm³/mol. The van der Waals surface area contributed by atoms with Crippen molar-refractivity contribution in [2.75, 3.05) is 39.5 Å². The molecule has 0 amide bonds. The summed E-state index contributed by atoms with van der Waals surface area (Å²) in [5, 5.41) is 21.3. The van der Waals surface area contributed by atoms with Crippen LogP contribution in [-0.2, 0) is 6.42 Å². The van der Waals surface area contributed by atoms with Gasteiger partial charge in [0.25, 0.3) is 5.92 Å². The predicted octanol–water partition coefficient (Wildman–Crippen LogP) is 4.46. The van der Waals surface area contributed by atoms with Gasteiger partial charge in [0.2, 0.25) is 0 Å². The highest BCUT2D eigenvalue weighted by Crippen LogP contribution is 2.42. The average molecular weight is 502 g/mol. The Morgan fingerprint density at radius 3 is 2.53 bits per heavy atom. The summed E-state index contributed by atoms with van der Waals surface area (Å²) in [4.78, 5) is 7.40. The van der Waals surface area contributed by atoms with Crippen molar-refractivity contribution < 1.29 is 23.4 Å². The van der Waals surface area contributed by atoms with Crippen molar-refractivity contribution in [3.05, 3.63) is 70.9 Å². The van der Waals surface area contributed by atoms with Gasteiger partial charge in [-0.15, -0.1) is 0 Å². The van der Waals surface area contributed by atoms with Crippen molar-refractivity contribution in [3.63, 3.8) is 0 Å². The second-order valence-electron chi connectivity index (χ2n) is 10.4. The highest BCUT2D eigenvalue weighted by atomic mass is 19.3. The van der Waals surface area contributed by atoms with E-state index in [0.717, 1.165) is 46.4 Å². The molecule has 36 heavy (non-hydrogen) atoms. The van der Waals surface area contributed by atoms with Gasteiger partial charge in [0.15, 0.2) is 0 Å². The molecule has 2 aliphatic rings. The molecule has 1 fully saturated rings. The number of aliphatic hydroxyl groups is 2. The van der Waals surface area contributed by atoms with Crippen LogP contribution >= 0.6 is 0 Å². The van der Waals surface area contributed by atoms with Gasteiger partial charge in [-0.05, 0) is 42.5 Å². The quantitative estimate of drug-likeness (QED) is 0.405. The lowest BCUT2D eigenvalue weighted by Gasteiger charge is -2.43. The molecule has 1 aromatic heterocycles. The van der Waals surface area contributed by atoms with Gasteiger partial charge in [-0.1, -0.05) is 42.5 Å². The third-order valence-electron chi connectivity index (χ3n) is 7.80. The molecule has 3 atom stereocenters. The van der Waals surface area contributed by atoms with Gasteiger partial charge in [0.05, 0.1) is 25.4 Å². The van der Waals surface area contributed by atoms with Crippen LogP contribution in [0.1, 0.15) is 47.9 Å². The van der Waals surface area contributed by atoms with E-state index in [2.05, 4.69) is 16.0 Å². The van der Waals surface area contributed by atoms with E-state index in [9.17, 15) is 23.4 Å². The second kappa shape index (κ2) is 10.2. The summed E-state index contributed by atoms with van der Waals surface area (Å²) in [7, 11) is 0. The highest BCUT2D eigenvalue weighted by molar-refractivity contribution is 5.85. The third kappa shape index (κ3) is 4.79. The topological polar surface area (TPSA) is 62.7 Å². The fraction of sp³-hybridized carbons (Fsp3) is 0.500. The van der Waals surface area contributed by atoms with E-state index >= 15 is 0 Å². The maximum absolute atomic E-state index is 14.4. The van der Waals surface area contributed by atoms with Crippen molar-refractivity contribution >= 4 is 10.9 Å². The molecular weight excluding hydrogens is 467 g/mol. The summed E-state index contributed by atoms with van der Waals surface area (Å²) in [5.41, 5.74) is 4.67. The number of halogens is 3. The number of nitrogens with zero attached hydrogens (tertiary/aromatic N) is 2. The number of hydrogen-bond acceptors (Lipinski definition) is 4. The number of benzene rings is 2. The summed E-state index contributed by atoms with van der Waals surface area (Å²) in [6, 6.07) is 15.0. The maximum atomic E-state index is 14.4. The number of fused-ring (bicyclic) bond motifs is 3. The first-order valence-corrected chi connectivity index (χ1v) is 12.7. The number of para-hydroxylation sites is 1. The first kappa shape index (κ1) is 25.3. The molecule has 8 heteroatoms. The Bertz CT molecular complexity index is 1180. The molecule has 5 nitrogen and oxygen atoms in total. The third-order valence-corrected chi connectivity index (χ3v) is 7.80. The first-order valence-electron chi connectivity index (χ1n) is 12.7. The van der Waals surface area contributed by atoms with Crippen LogP contribution in [0.5, 0.6) is 0 Å². The lowest BCUT2D eigenvalue weighted by molar-refractivity contribution is -0.0864. The van der Waals surface area contributed by atoms with Crippen LogP contribution in [0.4, 0.5) is 13.2 Å². The average Bonchev–Trinajstić information content (AvgIpc) is 3.21. The zero-order chi connectivity index (χ0) is 25.4. The number of aromatic nitrogens is 1. The van der Waals surface area contributed by atoms with Crippen LogP contribution in [0, 0.1) is 5.92 Å². The summed E-state index contributed by atoms with van der Waals surface area (Å²) in [6.45, 7) is 2.07. The Kier molecular flexibility index (Phi) is 7.14. The van der Waals surface area contributed by atoms with E-state index in [4.69, 9.17) is 0 Å². The lowest BCUT2D eigenvalue weighted by atomic mass is 9.86. The molecule has 0 saturated carbocycles.